The molecular weight excluding hydrogens is 204 g/mol. The van der Waals surface area contributed by atoms with Crippen molar-refractivity contribution in [1.29, 1.82) is 0 Å². The molecule has 0 spiro atoms. The molecule has 2 atom stereocenters. The van der Waals surface area contributed by atoms with Crippen LogP contribution in [0.5, 0.6) is 0 Å². The maximum Gasteiger partial charge on any atom is 0.260 e. The van der Waals surface area contributed by atoms with E-state index in [0.29, 0.717) is 5.92 Å². The van der Waals surface area contributed by atoms with Gasteiger partial charge < -0.3 is 5.32 Å². The van der Waals surface area contributed by atoms with E-state index in [1.165, 1.54) is 12.8 Å². The molecule has 2 unspecified atom stereocenters. The Bertz CT molecular complexity index is 239. The summed E-state index contributed by atoms with van der Waals surface area (Å²) < 4.78 is 0. The van der Waals surface area contributed by atoms with Gasteiger partial charge in [-0.25, -0.2) is 5.48 Å². The average Bonchev–Trinajstić information content (AvgIpc) is 2.79. The van der Waals surface area contributed by atoms with E-state index in [1.807, 2.05) is 0 Å². The van der Waals surface area contributed by atoms with Crippen molar-refractivity contribution >= 4 is 5.91 Å². The number of rotatable bonds is 3. The predicted molar refractivity (Wildman–Crippen MR) is 61.7 cm³/mol. The average molecular weight is 226 g/mol. The molecular formula is C12H22N2O2. The zero-order chi connectivity index (χ0) is 11.4. The minimum atomic E-state index is -0.0739. The van der Waals surface area contributed by atoms with Gasteiger partial charge >= 0.3 is 0 Å². The Kier molecular flexibility index (Phi) is 4.18. The number of hydrogen-bond donors (Lipinski definition) is 2. The normalized spacial score (nSPS) is 31.6. The minimum Gasteiger partial charge on any atom is -0.306 e. The molecule has 0 radical (unpaired) electrons. The summed E-state index contributed by atoms with van der Waals surface area (Å²) in [5.74, 6) is 0.403. The van der Waals surface area contributed by atoms with E-state index in [0.717, 1.165) is 32.2 Å². The van der Waals surface area contributed by atoms with Crippen molar-refractivity contribution in [3.8, 4) is 0 Å². The molecule has 2 fully saturated rings. The van der Waals surface area contributed by atoms with Gasteiger partial charge in [0.1, 0.15) is 0 Å². The van der Waals surface area contributed by atoms with Crippen LogP contribution in [0.3, 0.4) is 0 Å². The highest BCUT2D eigenvalue weighted by molar-refractivity contribution is 5.81. The van der Waals surface area contributed by atoms with Crippen molar-refractivity contribution in [2.75, 3.05) is 6.54 Å². The molecule has 2 rings (SSSR count). The van der Waals surface area contributed by atoms with Crippen LogP contribution in [-0.2, 0) is 9.63 Å². The van der Waals surface area contributed by atoms with Crippen LogP contribution in [0.15, 0.2) is 0 Å². The van der Waals surface area contributed by atoms with Crippen LogP contribution in [0.2, 0.25) is 0 Å². The first-order chi connectivity index (χ1) is 7.77. The Morgan fingerprint density at radius 2 is 2.00 bits per heavy atom. The highest BCUT2D eigenvalue weighted by Gasteiger charge is 2.28. The third-order valence-corrected chi connectivity index (χ3v) is 3.68. The van der Waals surface area contributed by atoms with Crippen LogP contribution >= 0.6 is 0 Å². The molecule has 2 N–H and O–H groups in total. The van der Waals surface area contributed by atoms with Gasteiger partial charge in [-0.1, -0.05) is 19.8 Å². The summed E-state index contributed by atoms with van der Waals surface area (Å²) in [7, 11) is 0. The van der Waals surface area contributed by atoms with Gasteiger partial charge in [-0.05, 0) is 38.1 Å². The van der Waals surface area contributed by atoms with Gasteiger partial charge in [0.2, 0.25) is 0 Å². The van der Waals surface area contributed by atoms with Crippen LogP contribution in [0.4, 0.5) is 0 Å². The molecule has 1 aliphatic heterocycles. The van der Waals surface area contributed by atoms with E-state index in [1.54, 1.807) is 0 Å². The molecule has 2 aliphatic rings. The Morgan fingerprint density at radius 1 is 1.25 bits per heavy atom. The third kappa shape index (κ3) is 2.95. The molecule has 0 aromatic carbocycles. The first-order valence-electron chi connectivity index (χ1n) is 6.46. The summed E-state index contributed by atoms with van der Waals surface area (Å²) >= 11 is 0. The lowest BCUT2D eigenvalue weighted by atomic mass is 9.92. The van der Waals surface area contributed by atoms with Gasteiger partial charge in [0.15, 0.2) is 0 Å². The van der Waals surface area contributed by atoms with Gasteiger partial charge in [-0.3, -0.25) is 9.63 Å². The lowest BCUT2D eigenvalue weighted by Crippen LogP contribution is -2.51. The van der Waals surface area contributed by atoms with E-state index in [-0.39, 0.29) is 18.1 Å². The zero-order valence-corrected chi connectivity index (χ0v) is 10.00. The number of hydroxylamine groups is 1. The molecule has 0 aromatic rings. The lowest BCUT2D eigenvalue weighted by Gasteiger charge is -2.29. The summed E-state index contributed by atoms with van der Waals surface area (Å²) in [4.78, 5) is 17.3. The maximum absolute atomic E-state index is 11.9. The van der Waals surface area contributed by atoms with Crippen LogP contribution in [0.1, 0.15) is 45.4 Å². The monoisotopic (exact) mass is 226 g/mol. The van der Waals surface area contributed by atoms with Gasteiger partial charge in [-0.15, -0.1) is 0 Å². The first kappa shape index (κ1) is 11.9. The summed E-state index contributed by atoms with van der Waals surface area (Å²) in [6, 6.07) is -0.0739. The van der Waals surface area contributed by atoms with Crippen molar-refractivity contribution in [3.63, 3.8) is 0 Å². The Labute approximate surface area is 97.1 Å². The van der Waals surface area contributed by atoms with Crippen LogP contribution in [0, 0.1) is 5.92 Å². The molecule has 1 saturated carbocycles. The molecule has 4 nitrogen and oxygen atoms in total. The number of piperidine rings is 1. The summed E-state index contributed by atoms with van der Waals surface area (Å²) in [5.41, 5.74) is 2.62. The minimum absolute atomic E-state index is 0.000833. The molecule has 0 bridgehead atoms. The van der Waals surface area contributed by atoms with Gasteiger partial charge in [-0.2, -0.15) is 0 Å². The number of carbonyl (C=O) groups excluding carboxylic acids is 1. The zero-order valence-electron chi connectivity index (χ0n) is 10.00. The van der Waals surface area contributed by atoms with E-state index in [4.69, 9.17) is 4.84 Å². The van der Waals surface area contributed by atoms with E-state index >= 15 is 0 Å². The lowest BCUT2D eigenvalue weighted by molar-refractivity contribution is -0.142. The second-order valence-electron chi connectivity index (χ2n) is 5.04. The van der Waals surface area contributed by atoms with E-state index in [9.17, 15) is 4.79 Å². The SMILES string of the molecule is CC1CCCNC1C(=O)NOC1CCCC1. The van der Waals surface area contributed by atoms with E-state index in [2.05, 4.69) is 17.7 Å². The molecule has 1 amide bonds. The van der Waals surface area contributed by atoms with Crippen molar-refractivity contribution in [1.82, 2.24) is 10.8 Å². The Hall–Kier alpha value is -0.610. The van der Waals surface area contributed by atoms with Crippen LogP contribution < -0.4 is 10.8 Å². The van der Waals surface area contributed by atoms with Gasteiger partial charge in [0.05, 0.1) is 12.1 Å². The molecule has 92 valence electrons. The maximum atomic E-state index is 11.9. The van der Waals surface area contributed by atoms with Crippen LogP contribution in [0.25, 0.3) is 0 Å². The molecule has 0 aromatic heterocycles. The van der Waals surface area contributed by atoms with Gasteiger partial charge in [0.25, 0.3) is 5.91 Å². The summed E-state index contributed by atoms with van der Waals surface area (Å²) in [6.45, 7) is 3.05. The molecule has 16 heavy (non-hydrogen) atoms. The number of hydrogen-bond acceptors (Lipinski definition) is 3. The quantitative estimate of drug-likeness (QED) is 0.714. The van der Waals surface area contributed by atoms with Gasteiger partial charge in [0, 0.05) is 0 Å². The fourth-order valence-electron chi connectivity index (χ4n) is 2.61. The number of carbonyl (C=O) groups is 1. The van der Waals surface area contributed by atoms with Crippen molar-refractivity contribution in [2.45, 2.75) is 57.6 Å². The Morgan fingerprint density at radius 3 is 2.69 bits per heavy atom. The van der Waals surface area contributed by atoms with Crippen molar-refractivity contribution < 1.29 is 9.63 Å². The predicted octanol–water partition coefficient (Wildman–Crippen LogP) is 1.36. The highest BCUT2D eigenvalue weighted by Crippen LogP contribution is 2.20. The topological polar surface area (TPSA) is 50.4 Å². The summed E-state index contributed by atoms with van der Waals surface area (Å²) in [5, 5.41) is 3.25. The number of amides is 1. The fourth-order valence-corrected chi connectivity index (χ4v) is 2.61. The third-order valence-electron chi connectivity index (χ3n) is 3.68. The highest BCUT2D eigenvalue weighted by atomic mass is 16.7. The van der Waals surface area contributed by atoms with Crippen molar-refractivity contribution in [2.24, 2.45) is 5.92 Å². The molecule has 1 heterocycles. The summed E-state index contributed by atoms with van der Waals surface area (Å²) in [6.07, 6.45) is 7.12. The second-order valence-corrected chi connectivity index (χ2v) is 5.04. The smallest absolute Gasteiger partial charge is 0.260 e. The van der Waals surface area contributed by atoms with Crippen molar-refractivity contribution in [3.05, 3.63) is 0 Å². The van der Waals surface area contributed by atoms with E-state index < -0.39 is 0 Å². The molecule has 1 saturated heterocycles. The molecule has 1 aliphatic carbocycles. The Balaban J connectivity index is 1.73. The van der Waals surface area contributed by atoms with Crippen LogP contribution in [-0.4, -0.2) is 24.6 Å². The number of nitrogens with one attached hydrogen (secondary N) is 2. The largest absolute Gasteiger partial charge is 0.306 e. The standard InChI is InChI=1S/C12H22N2O2/c1-9-5-4-8-13-11(9)12(15)14-16-10-6-2-3-7-10/h9-11,13H,2-8H2,1H3,(H,14,15). The fraction of sp³-hybridized carbons (Fsp3) is 0.917. The molecule has 4 heteroatoms. The first-order valence-corrected chi connectivity index (χ1v) is 6.46. The second kappa shape index (κ2) is 5.64.